The molecule has 3 aromatic rings. The number of fused-ring (bicyclic) bond motifs is 1. The standard InChI is InChI=1S/C17H14ClF4N5O2/c18-15-25-12(23)11-13(26-15)27(8-24-11)14-17(21,22)16(19,20)10(29-14)7-28-6-9-4-2-1-3-5-9/h1-5,8,10,14H,6-7H2,(H2,23,25,26)/t10-,14-/m1/s1. The van der Waals surface area contributed by atoms with Gasteiger partial charge in [-0.15, -0.1) is 0 Å². The maximum absolute atomic E-state index is 14.6. The van der Waals surface area contributed by atoms with Gasteiger partial charge in [0.1, 0.15) is 5.52 Å². The molecule has 29 heavy (non-hydrogen) atoms. The zero-order valence-corrected chi connectivity index (χ0v) is 15.4. The van der Waals surface area contributed by atoms with Crippen LogP contribution in [-0.2, 0) is 16.1 Å². The summed E-state index contributed by atoms with van der Waals surface area (Å²) in [4.78, 5) is 11.2. The van der Waals surface area contributed by atoms with Crippen molar-refractivity contribution in [3.05, 3.63) is 47.5 Å². The summed E-state index contributed by atoms with van der Waals surface area (Å²) in [5.74, 6) is -9.23. The molecule has 4 rings (SSSR count). The molecule has 0 unspecified atom stereocenters. The summed E-state index contributed by atoms with van der Waals surface area (Å²) in [6, 6.07) is 8.70. The van der Waals surface area contributed by atoms with E-state index in [4.69, 9.17) is 26.8 Å². The minimum absolute atomic E-state index is 0.0274. The number of alkyl halides is 4. The smallest absolute Gasteiger partial charge is 0.356 e. The molecule has 1 aliphatic heterocycles. The third kappa shape index (κ3) is 3.28. The highest BCUT2D eigenvalue weighted by molar-refractivity contribution is 6.28. The lowest BCUT2D eigenvalue weighted by molar-refractivity contribution is -0.210. The van der Waals surface area contributed by atoms with Gasteiger partial charge in [0.2, 0.25) is 11.5 Å². The Bertz CT molecular complexity index is 1030. The first-order valence-corrected chi connectivity index (χ1v) is 8.78. The van der Waals surface area contributed by atoms with E-state index in [1.54, 1.807) is 30.3 Å². The number of rotatable bonds is 5. The molecule has 1 aromatic carbocycles. The lowest BCUT2D eigenvalue weighted by atomic mass is 10.1. The highest BCUT2D eigenvalue weighted by Gasteiger charge is 2.73. The van der Waals surface area contributed by atoms with E-state index in [2.05, 4.69) is 15.0 Å². The van der Waals surface area contributed by atoms with Crippen molar-refractivity contribution in [2.45, 2.75) is 30.8 Å². The Labute approximate surface area is 166 Å². The summed E-state index contributed by atoms with van der Waals surface area (Å²) in [5.41, 5.74) is 6.04. The van der Waals surface area contributed by atoms with Gasteiger partial charge in [0.15, 0.2) is 17.6 Å². The van der Waals surface area contributed by atoms with E-state index in [9.17, 15) is 17.6 Å². The molecule has 12 heteroatoms. The molecular weight excluding hydrogens is 418 g/mol. The molecule has 0 saturated carbocycles. The predicted octanol–water partition coefficient (Wildman–Crippen LogP) is 3.45. The molecule has 7 nitrogen and oxygen atoms in total. The molecule has 0 amide bonds. The number of ether oxygens (including phenoxy) is 2. The summed E-state index contributed by atoms with van der Waals surface area (Å²) >= 11 is 5.70. The molecule has 1 aliphatic rings. The van der Waals surface area contributed by atoms with Crippen molar-refractivity contribution in [2.24, 2.45) is 0 Å². The van der Waals surface area contributed by atoms with Crippen LogP contribution in [-0.4, -0.2) is 44.1 Å². The Morgan fingerprint density at radius 3 is 2.59 bits per heavy atom. The first-order valence-electron chi connectivity index (χ1n) is 8.40. The van der Waals surface area contributed by atoms with Crippen LogP contribution >= 0.6 is 11.6 Å². The van der Waals surface area contributed by atoms with E-state index < -0.39 is 30.8 Å². The van der Waals surface area contributed by atoms with Crippen molar-refractivity contribution < 1.29 is 27.0 Å². The van der Waals surface area contributed by atoms with Crippen molar-refractivity contribution in [3.8, 4) is 0 Å². The summed E-state index contributed by atoms with van der Waals surface area (Å²) in [6.07, 6.45) is -3.68. The van der Waals surface area contributed by atoms with Crippen molar-refractivity contribution >= 4 is 28.6 Å². The lowest BCUT2D eigenvalue weighted by Gasteiger charge is -2.23. The number of hydrogen-bond donors (Lipinski definition) is 1. The fourth-order valence-electron chi connectivity index (χ4n) is 3.03. The fourth-order valence-corrected chi connectivity index (χ4v) is 3.20. The van der Waals surface area contributed by atoms with Crippen molar-refractivity contribution in [1.29, 1.82) is 0 Å². The lowest BCUT2D eigenvalue weighted by Crippen LogP contribution is -2.46. The van der Waals surface area contributed by atoms with Crippen molar-refractivity contribution in [3.63, 3.8) is 0 Å². The zero-order chi connectivity index (χ0) is 20.8. The van der Waals surface area contributed by atoms with E-state index in [1.807, 2.05) is 0 Å². The number of aromatic nitrogens is 4. The van der Waals surface area contributed by atoms with Gasteiger partial charge in [-0.05, 0) is 17.2 Å². The zero-order valence-electron chi connectivity index (χ0n) is 14.6. The van der Waals surface area contributed by atoms with Crippen LogP contribution in [0.2, 0.25) is 5.28 Å². The predicted molar refractivity (Wildman–Crippen MR) is 94.6 cm³/mol. The van der Waals surface area contributed by atoms with Crippen molar-refractivity contribution in [1.82, 2.24) is 19.5 Å². The third-order valence-electron chi connectivity index (χ3n) is 4.51. The molecule has 0 spiro atoms. The van der Waals surface area contributed by atoms with Crippen LogP contribution in [0.25, 0.3) is 11.2 Å². The number of nitrogen functional groups attached to an aromatic ring is 1. The summed E-state index contributed by atoms with van der Waals surface area (Å²) in [5, 5.41) is -0.340. The van der Waals surface area contributed by atoms with Gasteiger partial charge in [-0.1, -0.05) is 30.3 Å². The largest absolute Gasteiger partial charge is 0.382 e. The molecule has 1 fully saturated rings. The maximum atomic E-state index is 14.6. The normalized spacial score (nSPS) is 22.9. The van der Waals surface area contributed by atoms with Gasteiger partial charge in [0.05, 0.1) is 19.5 Å². The second-order valence-corrected chi connectivity index (χ2v) is 6.76. The van der Waals surface area contributed by atoms with Gasteiger partial charge < -0.3 is 15.2 Å². The molecule has 1 saturated heterocycles. The van der Waals surface area contributed by atoms with Crippen LogP contribution in [0.15, 0.2) is 36.7 Å². The van der Waals surface area contributed by atoms with Crippen LogP contribution in [0.3, 0.4) is 0 Å². The van der Waals surface area contributed by atoms with Gasteiger partial charge in [0, 0.05) is 0 Å². The maximum Gasteiger partial charge on any atom is 0.356 e. The number of hydrogen-bond acceptors (Lipinski definition) is 6. The third-order valence-corrected chi connectivity index (χ3v) is 4.68. The Hall–Kier alpha value is -2.50. The van der Waals surface area contributed by atoms with Crippen LogP contribution < -0.4 is 5.73 Å². The number of benzene rings is 1. The average Bonchev–Trinajstić information content (AvgIpc) is 3.15. The minimum atomic E-state index is -4.56. The van der Waals surface area contributed by atoms with E-state index >= 15 is 0 Å². The second-order valence-electron chi connectivity index (χ2n) is 6.43. The van der Waals surface area contributed by atoms with Gasteiger partial charge in [-0.2, -0.15) is 27.5 Å². The highest BCUT2D eigenvalue weighted by Crippen LogP contribution is 2.53. The summed E-state index contributed by atoms with van der Waals surface area (Å²) in [6.45, 7) is -0.765. The summed E-state index contributed by atoms with van der Waals surface area (Å²) in [7, 11) is 0. The summed E-state index contributed by atoms with van der Waals surface area (Å²) < 4.78 is 68.9. The highest BCUT2D eigenvalue weighted by atomic mass is 35.5. The van der Waals surface area contributed by atoms with Gasteiger partial charge in [-0.3, -0.25) is 4.57 Å². The Morgan fingerprint density at radius 2 is 1.86 bits per heavy atom. The first-order chi connectivity index (χ1) is 13.7. The second kappa shape index (κ2) is 7.08. The van der Waals surface area contributed by atoms with Crippen LogP contribution in [0, 0.1) is 0 Å². The van der Waals surface area contributed by atoms with E-state index in [0.29, 0.717) is 10.1 Å². The van der Waals surface area contributed by atoms with E-state index in [1.165, 1.54) is 0 Å². The van der Waals surface area contributed by atoms with Gasteiger partial charge >= 0.3 is 11.8 Å². The molecule has 0 aliphatic carbocycles. The molecule has 0 radical (unpaired) electrons. The number of nitrogens with zero attached hydrogens (tertiary/aromatic N) is 4. The minimum Gasteiger partial charge on any atom is -0.382 e. The molecule has 2 N–H and O–H groups in total. The monoisotopic (exact) mass is 431 g/mol. The molecule has 2 aromatic heterocycles. The number of anilines is 1. The Kier molecular flexibility index (Phi) is 4.83. The van der Waals surface area contributed by atoms with E-state index in [-0.39, 0.29) is 28.9 Å². The number of halogens is 5. The van der Waals surface area contributed by atoms with E-state index in [0.717, 1.165) is 6.33 Å². The number of nitrogens with two attached hydrogens (primary N) is 1. The number of imidazole rings is 1. The van der Waals surface area contributed by atoms with Crippen LogP contribution in [0.4, 0.5) is 23.4 Å². The Balaban J connectivity index is 1.59. The van der Waals surface area contributed by atoms with Gasteiger partial charge in [0.25, 0.3) is 0 Å². The topological polar surface area (TPSA) is 88.1 Å². The molecule has 154 valence electrons. The van der Waals surface area contributed by atoms with Crippen LogP contribution in [0.5, 0.6) is 0 Å². The van der Waals surface area contributed by atoms with Crippen molar-refractivity contribution in [2.75, 3.05) is 12.3 Å². The molecular formula is C17H14ClF4N5O2. The quantitative estimate of drug-likeness (QED) is 0.492. The average molecular weight is 432 g/mol. The molecule has 3 heterocycles. The first kappa shape index (κ1) is 19.8. The fraction of sp³-hybridized carbons (Fsp3) is 0.353. The molecule has 2 atom stereocenters. The SMILES string of the molecule is Nc1nc(Cl)nc2c1ncn2[C@@H]1O[C@H](COCc2ccccc2)C(F)(F)C1(F)F. The Morgan fingerprint density at radius 1 is 1.14 bits per heavy atom. The molecule has 0 bridgehead atoms. The van der Waals surface area contributed by atoms with Gasteiger partial charge in [-0.25, -0.2) is 4.98 Å². The van der Waals surface area contributed by atoms with Crippen LogP contribution in [0.1, 0.15) is 11.8 Å².